The van der Waals surface area contributed by atoms with Crippen LogP contribution in [-0.2, 0) is 4.79 Å². The minimum atomic E-state index is -0.0192. The number of nitrogens with one attached hydrogen (secondary N) is 1. The first-order valence-electron chi connectivity index (χ1n) is 5.31. The van der Waals surface area contributed by atoms with E-state index in [-0.39, 0.29) is 11.9 Å². The van der Waals surface area contributed by atoms with Gasteiger partial charge in [-0.2, -0.15) is 5.26 Å². The standard InChI is InChI=1S/C10H15N3OS/c11-4-1-5-13(8-2-3-8)10(14)9-6-15-7-12-9/h8-9,12H,1-3,5-7H2. The van der Waals surface area contributed by atoms with Crippen LogP contribution in [0.2, 0.25) is 0 Å². The summed E-state index contributed by atoms with van der Waals surface area (Å²) in [6.07, 6.45) is 2.66. The number of rotatable bonds is 4. The van der Waals surface area contributed by atoms with E-state index in [0.717, 1.165) is 24.5 Å². The third-order valence-corrected chi connectivity index (χ3v) is 3.69. The van der Waals surface area contributed by atoms with Crippen molar-refractivity contribution >= 4 is 17.7 Å². The number of hydrogen-bond donors (Lipinski definition) is 1. The number of nitrogens with zero attached hydrogens (tertiary/aromatic N) is 2. The van der Waals surface area contributed by atoms with Gasteiger partial charge in [-0.15, -0.1) is 11.8 Å². The third-order valence-electron chi connectivity index (χ3n) is 2.75. The molecular weight excluding hydrogens is 210 g/mol. The molecule has 1 N–H and O–H groups in total. The second kappa shape index (κ2) is 4.86. The maximum atomic E-state index is 12.1. The van der Waals surface area contributed by atoms with Crippen LogP contribution in [0.5, 0.6) is 0 Å². The topological polar surface area (TPSA) is 56.1 Å². The molecule has 1 unspecified atom stereocenters. The summed E-state index contributed by atoms with van der Waals surface area (Å²) in [4.78, 5) is 14.0. The lowest BCUT2D eigenvalue weighted by atomic mass is 10.2. The van der Waals surface area contributed by atoms with Crippen LogP contribution in [-0.4, -0.2) is 41.1 Å². The first-order chi connectivity index (χ1) is 7.33. The van der Waals surface area contributed by atoms with E-state index in [1.54, 1.807) is 11.8 Å². The van der Waals surface area contributed by atoms with E-state index >= 15 is 0 Å². The smallest absolute Gasteiger partial charge is 0.240 e. The monoisotopic (exact) mass is 225 g/mol. The Kier molecular flexibility index (Phi) is 3.49. The first-order valence-corrected chi connectivity index (χ1v) is 6.47. The molecule has 1 saturated carbocycles. The second-order valence-electron chi connectivity index (χ2n) is 3.94. The molecular formula is C10H15N3OS. The fourth-order valence-electron chi connectivity index (χ4n) is 1.78. The summed E-state index contributed by atoms with van der Waals surface area (Å²) in [5, 5.41) is 11.7. The van der Waals surface area contributed by atoms with Crippen molar-refractivity contribution in [2.45, 2.75) is 31.3 Å². The molecule has 1 heterocycles. The van der Waals surface area contributed by atoms with Gasteiger partial charge in [0.05, 0.1) is 18.5 Å². The summed E-state index contributed by atoms with van der Waals surface area (Å²) in [7, 11) is 0. The van der Waals surface area contributed by atoms with Gasteiger partial charge in [-0.1, -0.05) is 0 Å². The van der Waals surface area contributed by atoms with Crippen LogP contribution in [0.4, 0.5) is 0 Å². The molecule has 1 aliphatic carbocycles. The van der Waals surface area contributed by atoms with Crippen molar-refractivity contribution in [2.75, 3.05) is 18.2 Å². The van der Waals surface area contributed by atoms with Crippen LogP contribution in [0.25, 0.3) is 0 Å². The van der Waals surface area contributed by atoms with Gasteiger partial charge in [0.15, 0.2) is 0 Å². The summed E-state index contributed by atoms with van der Waals surface area (Å²) < 4.78 is 0. The molecule has 0 bridgehead atoms. The third kappa shape index (κ3) is 2.64. The number of carbonyl (C=O) groups is 1. The largest absolute Gasteiger partial charge is 0.337 e. The molecule has 1 amide bonds. The Labute approximate surface area is 94.0 Å². The fraction of sp³-hybridized carbons (Fsp3) is 0.800. The highest BCUT2D eigenvalue weighted by Crippen LogP contribution is 2.28. The number of nitriles is 1. The Morgan fingerprint density at radius 1 is 1.60 bits per heavy atom. The normalized spacial score (nSPS) is 24.9. The zero-order valence-corrected chi connectivity index (χ0v) is 9.42. The molecule has 1 atom stereocenters. The Morgan fingerprint density at radius 3 is 2.93 bits per heavy atom. The maximum Gasteiger partial charge on any atom is 0.240 e. The molecule has 0 aromatic rings. The van der Waals surface area contributed by atoms with Crippen LogP contribution in [0.3, 0.4) is 0 Å². The second-order valence-corrected chi connectivity index (χ2v) is 4.97. The molecule has 5 heteroatoms. The van der Waals surface area contributed by atoms with E-state index in [2.05, 4.69) is 11.4 Å². The average molecular weight is 225 g/mol. The summed E-state index contributed by atoms with van der Waals surface area (Å²) >= 11 is 1.76. The summed E-state index contributed by atoms with van der Waals surface area (Å²) in [6.45, 7) is 0.600. The van der Waals surface area contributed by atoms with E-state index in [1.165, 1.54) is 0 Å². The van der Waals surface area contributed by atoms with Gasteiger partial charge in [0, 0.05) is 24.2 Å². The minimum Gasteiger partial charge on any atom is -0.337 e. The lowest BCUT2D eigenvalue weighted by molar-refractivity contribution is -0.133. The Hall–Kier alpha value is -0.730. The molecule has 1 aliphatic heterocycles. The summed E-state index contributed by atoms with van der Waals surface area (Å²) in [5.41, 5.74) is 0. The molecule has 2 fully saturated rings. The molecule has 0 aromatic carbocycles. The lowest BCUT2D eigenvalue weighted by Gasteiger charge is -2.24. The molecule has 0 radical (unpaired) electrons. The SMILES string of the molecule is N#CCCN(C(=O)C1CSCN1)C1CC1. The highest BCUT2D eigenvalue weighted by atomic mass is 32.2. The molecule has 2 rings (SSSR count). The number of hydrogen-bond acceptors (Lipinski definition) is 4. The predicted molar refractivity (Wildman–Crippen MR) is 59.2 cm³/mol. The van der Waals surface area contributed by atoms with Gasteiger partial charge < -0.3 is 4.90 Å². The van der Waals surface area contributed by atoms with Gasteiger partial charge in [-0.25, -0.2) is 0 Å². The summed E-state index contributed by atoms with van der Waals surface area (Å²) in [5.74, 6) is 1.93. The zero-order valence-electron chi connectivity index (χ0n) is 8.61. The van der Waals surface area contributed by atoms with Crippen molar-refractivity contribution in [2.24, 2.45) is 0 Å². The molecule has 2 aliphatic rings. The van der Waals surface area contributed by atoms with Gasteiger partial charge in [-0.05, 0) is 12.8 Å². The number of amides is 1. The van der Waals surface area contributed by atoms with E-state index in [9.17, 15) is 4.79 Å². The fourth-order valence-corrected chi connectivity index (χ4v) is 2.72. The Bertz CT molecular complexity index is 279. The van der Waals surface area contributed by atoms with Crippen molar-refractivity contribution in [3.05, 3.63) is 0 Å². The molecule has 0 aromatic heterocycles. The van der Waals surface area contributed by atoms with Crippen LogP contribution in [0.15, 0.2) is 0 Å². The van der Waals surface area contributed by atoms with Gasteiger partial charge in [0.2, 0.25) is 5.91 Å². The van der Waals surface area contributed by atoms with Crippen molar-refractivity contribution in [1.82, 2.24) is 10.2 Å². The van der Waals surface area contributed by atoms with Gasteiger partial charge in [0.25, 0.3) is 0 Å². The number of thioether (sulfide) groups is 1. The van der Waals surface area contributed by atoms with Gasteiger partial charge in [-0.3, -0.25) is 10.1 Å². The van der Waals surface area contributed by atoms with Crippen molar-refractivity contribution in [1.29, 1.82) is 5.26 Å². The predicted octanol–water partition coefficient (Wildman–Crippen LogP) is 0.554. The van der Waals surface area contributed by atoms with Crippen molar-refractivity contribution < 1.29 is 4.79 Å². The Morgan fingerprint density at radius 2 is 2.40 bits per heavy atom. The van der Waals surface area contributed by atoms with Crippen LogP contribution in [0, 0.1) is 11.3 Å². The van der Waals surface area contributed by atoms with E-state index in [0.29, 0.717) is 19.0 Å². The van der Waals surface area contributed by atoms with E-state index in [4.69, 9.17) is 5.26 Å². The van der Waals surface area contributed by atoms with Crippen LogP contribution in [0.1, 0.15) is 19.3 Å². The zero-order chi connectivity index (χ0) is 10.7. The van der Waals surface area contributed by atoms with Crippen LogP contribution >= 0.6 is 11.8 Å². The van der Waals surface area contributed by atoms with Gasteiger partial charge >= 0.3 is 0 Å². The lowest BCUT2D eigenvalue weighted by Crippen LogP contribution is -2.46. The molecule has 0 spiro atoms. The molecule has 1 saturated heterocycles. The maximum absolute atomic E-state index is 12.1. The quantitative estimate of drug-likeness (QED) is 0.759. The first kappa shape index (κ1) is 10.8. The molecule has 4 nitrogen and oxygen atoms in total. The molecule has 15 heavy (non-hydrogen) atoms. The van der Waals surface area contributed by atoms with Crippen molar-refractivity contribution in [3.8, 4) is 6.07 Å². The summed E-state index contributed by atoms with van der Waals surface area (Å²) in [6, 6.07) is 2.50. The van der Waals surface area contributed by atoms with E-state index < -0.39 is 0 Å². The van der Waals surface area contributed by atoms with E-state index in [1.807, 2.05) is 4.90 Å². The highest BCUT2D eigenvalue weighted by Gasteiger charge is 2.36. The highest BCUT2D eigenvalue weighted by molar-refractivity contribution is 7.99. The van der Waals surface area contributed by atoms with Gasteiger partial charge in [0.1, 0.15) is 0 Å². The number of carbonyl (C=O) groups excluding carboxylic acids is 1. The average Bonchev–Trinajstić information content (AvgIpc) is 2.94. The molecule has 82 valence electrons. The van der Waals surface area contributed by atoms with Crippen molar-refractivity contribution in [3.63, 3.8) is 0 Å². The van der Waals surface area contributed by atoms with Crippen LogP contribution < -0.4 is 5.32 Å². The Balaban J connectivity index is 1.91. The minimum absolute atomic E-state index is 0.0192.